The first kappa shape index (κ1) is 7.28. The fraction of sp³-hybridized carbons (Fsp3) is 0.111. The summed E-state index contributed by atoms with van der Waals surface area (Å²) in [6, 6.07) is 3.65. The minimum Gasteiger partial charge on any atom is -0.458 e. The van der Waals surface area contributed by atoms with E-state index in [0.29, 0.717) is 11.1 Å². The van der Waals surface area contributed by atoms with Crippen LogP contribution in [0, 0.1) is 18.6 Å². The standard InChI is InChI=1S/C9H6F2O/c1-5-2-6-3-7(10)4-8(11)9(6)12-5/h2-4H,1H3. The molecule has 62 valence electrons. The van der Waals surface area contributed by atoms with Gasteiger partial charge >= 0.3 is 0 Å². The average Bonchev–Trinajstić information content (AvgIpc) is 2.29. The van der Waals surface area contributed by atoms with Gasteiger partial charge in [-0.05, 0) is 19.1 Å². The van der Waals surface area contributed by atoms with Crippen molar-refractivity contribution in [3.8, 4) is 0 Å². The number of rotatable bonds is 0. The average molecular weight is 168 g/mol. The van der Waals surface area contributed by atoms with E-state index in [0.717, 1.165) is 6.07 Å². The third-order valence-electron chi connectivity index (χ3n) is 1.66. The van der Waals surface area contributed by atoms with Crippen LogP contribution < -0.4 is 0 Å². The smallest absolute Gasteiger partial charge is 0.170 e. The van der Waals surface area contributed by atoms with E-state index in [1.54, 1.807) is 13.0 Å². The Morgan fingerprint density at radius 2 is 1.92 bits per heavy atom. The zero-order valence-corrected chi connectivity index (χ0v) is 6.40. The molecule has 12 heavy (non-hydrogen) atoms. The molecule has 0 bridgehead atoms. The maximum atomic E-state index is 12.9. The van der Waals surface area contributed by atoms with Crippen molar-refractivity contribution in [1.29, 1.82) is 0 Å². The van der Waals surface area contributed by atoms with Crippen LogP contribution in [0.3, 0.4) is 0 Å². The number of halogens is 2. The third-order valence-corrected chi connectivity index (χ3v) is 1.66. The highest BCUT2D eigenvalue weighted by molar-refractivity contribution is 5.78. The van der Waals surface area contributed by atoms with E-state index in [1.807, 2.05) is 0 Å². The molecule has 1 aromatic carbocycles. The molecule has 0 aliphatic carbocycles. The molecule has 0 saturated carbocycles. The Kier molecular flexibility index (Phi) is 1.40. The fourth-order valence-electron chi connectivity index (χ4n) is 1.20. The normalized spacial score (nSPS) is 10.9. The number of aryl methyl sites for hydroxylation is 1. The maximum absolute atomic E-state index is 12.9. The van der Waals surface area contributed by atoms with Gasteiger partial charge in [-0.1, -0.05) is 0 Å². The van der Waals surface area contributed by atoms with Crippen LogP contribution >= 0.6 is 0 Å². The highest BCUT2D eigenvalue weighted by Crippen LogP contribution is 2.22. The lowest BCUT2D eigenvalue weighted by atomic mass is 10.2. The Hall–Kier alpha value is -1.38. The molecule has 0 radical (unpaired) electrons. The molecule has 0 aliphatic rings. The molecule has 0 N–H and O–H groups in total. The summed E-state index contributed by atoms with van der Waals surface area (Å²) in [5, 5.41) is 0.463. The van der Waals surface area contributed by atoms with Crippen molar-refractivity contribution in [3.05, 3.63) is 35.6 Å². The lowest BCUT2D eigenvalue weighted by Gasteiger charge is -1.90. The summed E-state index contributed by atoms with van der Waals surface area (Å²) in [6.07, 6.45) is 0. The van der Waals surface area contributed by atoms with Gasteiger partial charge in [-0.2, -0.15) is 0 Å². The molecular weight excluding hydrogens is 162 g/mol. The monoisotopic (exact) mass is 168 g/mol. The van der Waals surface area contributed by atoms with E-state index >= 15 is 0 Å². The molecule has 0 spiro atoms. The predicted octanol–water partition coefficient (Wildman–Crippen LogP) is 3.02. The summed E-state index contributed by atoms with van der Waals surface area (Å²) < 4.78 is 30.6. The van der Waals surface area contributed by atoms with Crippen molar-refractivity contribution in [2.45, 2.75) is 6.92 Å². The van der Waals surface area contributed by atoms with Crippen LogP contribution in [0.15, 0.2) is 22.6 Å². The second kappa shape index (κ2) is 2.30. The molecule has 2 rings (SSSR count). The van der Waals surface area contributed by atoms with Gasteiger partial charge in [0, 0.05) is 11.5 Å². The van der Waals surface area contributed by atoms with E-state index in [-0.39, 0.29) is 5.58 Å². The lowest BCUT2D eigenvalue weighted by Crippen LogP contribution is -1.78. The Labute approximate surface area is 67.6 Å². The zero-order valence-electron chi connectivity index (χ0n) is 6.40. The Morgan fingerprint density at radius 1 is 1.17 bits per heavy atom. The largest absolute Gasteiger partial charge is 0.458 e. The van der Waals surface area contributed by atoms with Gasteiger partial charge in [0.25, 0.3) is 0 Å². The molecular formula is C9H6F2O. The van der Waals surface area contributed by atoms with Crippen molar-refractivity contribution in [2.75, 3.05) is 0 Å². The molecule has 0 amide bonds. The minimum absolute atomic E-state index is 0.119. The Morgan fingerprint density at radius 3 is 2.67 bits per heavy atom. The van der Waals surface area contributed by atoms with Gasteiger partial charge in [0.05, 0.1) is 0 Å². The second-order valence-corrected chi connectivity index (χ2v) is 2.66. The quantitative estimate of drug-likeness (QED) is 0.589. The molecule has 3 heteroatoms. The number of fused-ring (bicyclic) bond motifs is 1. The SMILES string of the molecule is Cc1cc2cc(F)cc(F)c2o1. The Balaban J connectivity index is 2.88. The fourth-order valence-corrected chi connectivity index (χ4v) is 1.20. The van der Waals surface area contributed by atoms with Crippen molar-refractivity contribution in [1.82, 2.24) is 0 Å². The zero-order chi connectivity index (χ0) is 8.72. The first-order valence-electron chi connectivity index (χ1n) is 3.52. The van der Waals surface area contributed by atoms with Crippen LogP contribution in [0.1, 0.15) is 5.76 Å². The van der Waals surface area contributed by atoms with Crippen LogP contribution in [-0.2, 0) is 0 Å². The molecule has 0 atom stereocenters. The maximum Gasteiger partial charge on any atom is 0.170 e. The van der Waals surface area contributed by atoms with Crippen molar-refractivity contribution < 1.29 is 13.2 Å². The molecule has 0 unspecified atom stereocenters. The first-order chi connectivity index (χ1) is 5.66. The number of furan rings is 1. The van der Waals surface area contributed by atoms with Gasteiger partial charge in [-0.25, -0.2) is 8.78 Å². The topological polar surface area (TPSA) is 13.1 Å². The van der Waals surface area contributed by atoms with Crippen LogP contribution in [0.25, 0.3) is 11.0 Å². The number of benzene rings is 1. The van der Waals surface area contributed by atoms with Gasteiger partial charge in [0.15, 0.2) is 11.4 Å². The summed E-state index contributed by atoms with van der Waals surface area (Å²) in [7, 11) is 0. The first-order valence-corrected chi connectivity index (χ1v) is 3.52. The minimum atomic E-state index is -0.655. The van der Waals surface area contributed by atoms with Gasteiger partial charge in [-0.3, -0.25) is 0 Å². The predicted molar refractivity (Wildman–Crippen MR) is 40.9 cm³/mol. The molecule has 0 fully saturated rings. The van der Waals surface area contributed by atoms with E-state index in [1.165, 1.54) is 6.07 Å². The van der Waals surface area contributed by atoms with E-state index in [4.69, 9.17) is 4.42 Å². The number of hydrogen-bond acceptors (Lipinski definition) is 1. The summed E-state index contributed by atoms with van der Waals surface area (Å²) >= 11 is 0. The highest BCUT2D eigenvalue weighted by Gasteiger charge is 2.07. The van der Waals surface area contributed by atoms with Crippen molar-refractivity contribution >= 4 is 11.0 Å². The summed E-state index contributed by atoms with van der Waals surface area (Å²) in [4.78, 5) is 0. The third kappa shape index (κ3) is 0.978. The molecule has 1 heterocycles. The van der Waals surface area contributed by atoms with Gasteiger partial charge in [0.2, 0.25) is 0 Å². The van der Waals surface area contributed by atoms with E-state index in [9.17, 15) is 8.78 Å². The van der Waals surface area contributed by atoms with Crippen LogP contribution in [-0.4, -0.2) is 0 Å². The van der Waals surface area contributed by atoms with Crippen molar-refractivity contribution in [3.63, 3.8) is 0 Å². The summed E-state index contributed by atoms with van der Waals surface area (Å²) in [6.45, 7) is 1.69. The van der Waals surface area contributed by atoms with E-state index in [2.05, 4.69) is 0 Å². The molecule has 0 aliphatic heterocycles. The second-order valence-electron chi connectivity index (χ2n) is 2.66. The van der Waals surface area contributed by atoms with Crippen LogP contribution in [0.4, 0.5) is 8.78 Å². The summed E-state index contributed by atoms with van der Waals surface area (Å²) in [5.74, 6) is -0.659. The highest BCUT2D eigenvalue weighted by atomic mass is 19.1. The molecule has 0 saturated heterocycles. The molecule has 1 aromatic heterocycles. The van der Waals surface area contributed by atoms with Crippen LogP contribution in [0.2, 0.25) is 0 Å². The lowest BCUT2D eigenvalue weighted by molar-refractivity contribution is 0.530. The Bertz CT molecular complexity index is 431. The molecule has 2 aromatic rings. The van der Waals surface area contributed by atoms with Gasteiger partial charge in [-0.15, -0.1) is 0 Å². The van der Waals surface area contributed by atoms with Gasteiger partial charge in [0.1, 0.15) is 11.6 Å². The molecule has 1 nitrogen and oxygen atoms in total. The number of hydrogen-bond donors (Lipinski definition) is 0. The summed E-state index contributed by atoms with van der Waals surface area (Å²) in [5.41, 5.74) is 0.119. The van der Waals surface area contributed by atoms with Crippen LogP contribution in [0.5, 0.6) is 0 Å². The van der Waals surface area contributed by atoms with Crippen molar-refractivity contribution in [2.24, 2.45) is 0 Å². The van der Waals surface area contributed by atoms with Gasteiger partial charge < -0.3 is 4.42 Å². The van der Waals surface area contributed by atoms with E-state index < -0.39 is 11.6 Å².